The van der Waals surface area contributed by atoms with E-state index in [9.17, 15) is 9.59 Å². The predicted octanol–water partition coefficient (Wildman–Crippen LogP) is -0.974. The smallest absolute Gasteiger partial charge is 0.345 e. The fraction of sp³-hybridized carbons (Fsp3) is 0.500. The molecule has 1 fully saturated rings. The van der Waals surface area contributed by atoms with Gasteiger partial charge < -0.3 is 14.3 Å². The van der Waals surface area contributed by atoms with Crippen LogP contribution in [0.1, 0.15) is 0 Å². The van der Waals surface area contributed by atoms with Gasteiger partial charge >= 0.3 is 5.97 Å². The highest BCUT2D eigenvalue weighted by atomic mass is 16.6. The second-order valence-electron chi connectivity index (χ2n) is 2.70. The van der Waals surface area contributed by atoms with Crippen molar-refractivity contribution in [2.75, 3.05) is 19.8 Å². The summed E-state index contributed by atoms with van der Waals surface area (Å²) in [5, 5.41) is 0. The Bertz CT molecular complexity index is 256. The molecule has 5 nitrogen and oxygen atoms in total. The summed E-state index contributed by atoms with van der Waals surface area (Å²) in [6.45, 7) is 3.94. The predicted molar refractivity (Wildman–Crippen MR) is 48.4 cm³/mol. The van der Waals surface area contributed by atoms with Crippen molar-refractivity contribution in [3.05, 3.63) is 12.7 Å². The third-order valence-electron chi connectivity index (χ3n) is 1.68. The Morgan fingerprint density at radius 3 is 3.21 bits per heavy atom. The summed E-state index contributed by atoms with van der Waals surface area (Å²) in [6.07, 6.45) is 0.180. The van der Waals surface area contributed by atoms with E-state index in [1.54, 1.807) is 0 Å². The van der Waals surface area contributed by atoms with Crippen molar-refractivity contribution in [3.8, 4) is 0 Å². The van der Waals surface area contributed by atoms with Gasteiger partial charge in [-0.25, -0.2) is 4.79 Å². The van der Waals surface area contributed by atoms with Crippen LogP contribution in [0.4, 0.5) is 0 Å². The van der Waals surface area contributed by atoms with Crippen molar-refractivity contribution in [1.29, 1.82) is 0 Å². The van der Waals surface area contributed by atoms with Crippen molar-refractivity contribution < 1.29 is 19.1 Å². The first kappa shape index (κ1) is 10.8. The van der Waals surface area contributed by atoms with E-state index in [2.05, 4.69) is 11.3 Å². The molecule has 0 aromatic heterocycles. The number of amides is 1. The van der Waals surface area contributed by atoms with Crippen LogP contribution in [0.2, 0.25) is 0 Å². The highest BCUT2D eigenvalue weighted by molar-refractivity contribution is 6.18. The third kappa shape index (κ3) is 2.35. The van der Waals surface area contributed by atoms with Crippen LogP contribution in [0.3, 0.4) is 0 Å². The third-order valence-corrected chi connectivity index (χ3v) is 1.68. The number of rotatable bonds is 3. The highest BCUT2D eigenvalue weighted by Crippen LogP contribution is 2.06. The molecule has 1 unspecified atom stereocenters. The molecule has 74 valence electrons. The zero-order valence-corrected chi connectivity index (χ0v) is 7.64. The standard InChI is InChI=1S/C8H10BNO4/c1-2-4-14-8(12)6-7(11)10(9)3-5-13-6/h2,6H,1,3-5H2. The largest absolute Gasteiger partial charge is 0.459 e. The molecule has 0 aromatic rings. The van der Waals surface area contributed by atoms with Gasteiger partial charge in [0.2, 0.25) is 14.1 Å². The number of nitrogens with zero attached hydrogens (tertiary/aromatic N) is 1. The fourth-order valence-corrected chi connectivity index (χ4v) is 0.987. The Kier molecular flexibility index (Phi) is 3.70. The Morgan fingerprint density at radius 2 is 2.57 bits per heavy atom. The minimum absolute atomic E-state index is 0.0521. The molecular weight excluding hydrogens is 185 g/mol. The molecule has 0 N–H and O–H groups in total. The summed E-state index contributed by atoms with van der Waals surface area (Å²) in [6, 6.07) is 0. The molecule has 0 saturated carbocycles. The van der Waals surface area contributed by atoms with E-state index in [0.29, 0.717) is 0 Å². The first-order chi connectivity index (χ1) is 6.66. The number of ether oxygens (including phenoxy) is 2. The van der Waals surface area contributed by atoms with E-state index in [0.717, 1.165) is 4.81 Å². The van der Waals surface area contributed by atoms with Gasteiger partial charge in [0.15, 0.2) is 0 Å². The second kappa shape index (κ2) is 4.81. The van der Waals surface area contributed by atoms with Gasteiger partial charge in [0, 0.05) is 6.54 Å². The highest BCUT2D eigenvalue weighted by Gasteiger charge is 2.34. The van der Waals surface area contributed by atoms with Crippen molar-refractivity contribution >= 4 is 19.9 Å². The Labute approximate surface area is 83.1 Å². The van der Waals surface area contributed by atoms with Crippen LogP contribution < -0.4 is 0 Å². The van der Waals surface area contributed by atoms with Crippen molar-refractivity contribution in [1.82, 2.24) is 4.81 Å². The Hall–Kier alpha value is -1.30. The van der Waals surface area contributed by atoms with Crippen LogP contribution in [-0.2, 0) is 19.1 Å². The van der Waals surface area contributed by atoms with Gasteiger partial charge in [-0.3, -0.25) is 4.79 Å². The summed E-state index contributed by atoms with van der Waals surface area (Å²) in [5.74, 6) is -1.31. The average Bonchev–Trinajstić information content (AvgIpc) is 2.18. The molecule has 1 rings (SSSR count). The van der Waals surface area contributed by atoms with E-state index in [4.69, 9.17) is 12.7 Å². The number of carbonyl (C=O) groups is 2. The molecule has 1 atom stereocenters. The van der Waals surface area contributed by atoms with E-state index < -0.39 is 18.0 Å². The van der Waals surface area contributed by atoms with Gasteiger partial charge in [-0.1, -0.05) is 12.7 Å². The lowest BCUT2D eigenvalue weighted by Crippen LogP contribution is -2.50. The molecule has 14 heavy (non-hydrogen) atoms. The molecule has 1 heterocycles. The summed E-state index contributed by atoms with van der Waals surface area (Å²) < 4.78 is 9.60. The van der Waals surface area contributed by atoms with Gasteiger partial charge in [-0.2, -0.15) is 0 Å². The van der Waals surface area contributed by atoms with Crippen molar-refractivity contribution in [2.24, 2.45) is 0 Å². The summed E-state index contributed by atoms with van der Waals surface area (Å²) in [7, 11) is 5.31. The molecule has 0 spiro atoms. The molecule has 2 radical (unpaired) electrons. The Balaban J connectivity index is 2.53. The zero-order valence-electron chi connectivity index (χ0n) is 7.64. The Morgan fingerprint density at radius 1 is 1.86 bits per heavy atom. The molecule has 1 aliphatic heterocycles. The molecule has 0 aliphatic carbocycles. The van der Waals surface area contributed by atoms with Gasteiger partial charge in [-0.15, -0.1) is 0 Å². The van der Waals surface area contributed by atoms with Crippen LogP contribution in [0.25, 0.3) is 0 Å². The molecule has 0 bridgehead atoms. The molecule has 0 aromatic carbocycles. The number of morpholine rings is 1. The monoisotopic (exact) mass is 195 g/mol. The molecule has 1 aliphatic rings. The number of hydrogen-bond acceptors (Lipinski definition) is 4. The molecule has 1 saturated heterocycles. The summed E-state index contributed by atoms with van der Waals surface area (Å²) >= 11 is 0. The fourth-order valence-electron chi connectivity index (χ4n) is 0.987. The first-order valence-corrected chi connectivity index (χ1v) is 4.12. The van der Waals surface area contributed by atoms with E-state index in [1.807, 2.05) is 0 Å². The maximum atomic E-state index is 11.3. The van der Waals surface area contributed by atoms with Crippen LogP contribution in [0.15, 0.2) is 12.7 Å². The summed E-state index contributed by atoms with van der Waals surface area (Å²) in [5.41, 5.74) is 0. The minimum atomic E-state index is -1.23. The van der Waals surface area contributed by atoms with Crippen LogP contribution in [0.5, 0.6) is 0 Å². The number of hydrogen-bond donors (Lipinski definition) is 0. The van der Waals surface area contributed by atoms with E-state index in [-0.39, 0.29) is 19.8 Å². The lowest BCUT2D eigenvalue weighted by Gasteiger charge is -2.28. The van der Waals surface area contributed by atoms with E-state index in [1.165, 1.54) is 6.08 Å². The van der Waals surface area contributed by atoms with Crippen LogP contribution in [0, 0.1) is 0 Å². The SMILES string of the molecule is [B]N1CCOC(C(=O)OCC=C)C1=O. The zero-order chi connectivity index (χ0) is 10.6. The number of carbonyl (C=O) groups excluding carboxylic acids is 2. The topological polar surface area (TPSA) is 55.8 Å². The van der Waals surface area contributed by atoms with Crippen molar-refractivity contribution in [2.45, 2.75) is 6.10 Å². The second-order valence-corrected chi connectivity index (χ2v) is 2.70. The average molecular weight is 195 g/mol. The quantitative estimate of drug-likeness (QED) is 0.251. The van der Waals surface area contributed by atoms with Gasteiger partial charge in [0.1, 0.15) is 6.61 Å². The first-order valence-electron chi connectivity index (χ1n) is 4.12. The lowest BCUT2D eigenvalue weighted by molar-refractivity contribution is -0.168. The van der Waals surface area contributed by atoms with Gasteiger partial charge in [0.05, 0.1) is 6.61 Å². The van der Waals surface area contributed by atoms with Crippen LogP contribution in [-0.4, -0.2) is 50.5 Å². The molecular formula is C8H10BNO4. The minimum Gasteiger partial charge on any atom is -0.459 e. The maximum absolute atomic E-state index is 11.3. The van der Waals surface area contributed by atoms with Crippen LogP contribution >= 0.6 is 0 Å². The van der Waals surface area contributed by atoms with Crippen molar-refractivity contribution in [3.63, 3.8) is 0 Å². The maximum Gasteiger partial charge on any atom is 0.345 e. The molecule has 1 amide bonds. The van der Waals surface area contributed by atoms with Gasteiger partial charge in [-0.05, 0) is 0 Å². The van der Waals surface area contributed by atoms with E-state index >= 15 is 0 Å². The normalized spacial score (nSPS) is 21.9. The summed E-state index contributed by atoms with van der Waals surface area (Å²) in [4.78, 5) is 23.4. The molecule has 6 heteroatoms. The lowest BCUT2D eigenvalue weighted by atomic mass is 10.2. The number of esters is 1. The van der Waals surface area contributed by atoms with Gasteiger partial charge in [0.25, 0.3) is 5.91 Å².